The fourth-order valence-corrected chi connectivity index (χ4v) is 2.48. The van der Waals surface area contributed by atoms with E-state index < -0.39 is 0 Å². The Morgan fingerprint density at radius 1 is 1.25 bits per heavy atom. The van der Waals surface area contributed by atoms with Crippen LogP contribution in [0.1, 0.15) is 23.6 Å². The Labute approximate surface area is 164 Å². The molecule has 0 fully saturated rings. The molecule has 1 atom stereocenters. The first-order valence-electron chi connectivity index (χ1n) is 8.51. The Balaban J connectivity index is 0.00000108. The monoisotopic (exact) mass is 392 g/mol. The molecular weight excluding hydrogens is 364 g/mol. The molecule has 0 spiro atoms. The Morgan fingerprint density at radius 2 is 1.86 bits per heavy atom. The second-order valence-corrected chi connectivity index (χ2v) is 5.90. The van der Waals surface area contributed by atoms with Crippen LogP contribution in [0.15, 0.2) is 43.0 Å². The van der Waals surface area contributed by atoms with Gasteiger partial charge in [0.1, 0.15) is 0 Å². The average molecular weight is 392 g/mol. The Bertz CT molecular complexity index is 683. The summed E-state index contributed by atoms with van der Waals surface area (Å²) in [5.74, 6) is 0.0640. The SMILES string of the molecule is Cc1ccccc1C(CNC(=O)CCn1ccnc1)N(C)C.O=CO.O=CO. The number of aryl methyl sites for hydroxylation is 2. The molecule has 0 bridgehead atoms. The highest BCUT2D eigenvalue weighted by molar-refractivity contribution is 5.75. The number of benzene rings is 1. The number of rotatable bonds is 7. The number of hydrogen-bond acceptors (Lipinski definition) is 5. The van der Waals surface area contributed by atoms with Crippen LogP contribution < -0.4 is 5.32 Å². The highest BCUT2D eigenvalue weighted by Gasteiger charge is 2.16. The van der Waals surface area contributed by atoms with Gasteiger partial charge in [-0.25, -0.2) is 4.98 Å². The van der Waals surface area contributed by atoms with Gasteiger partial charge in [-0.1, -0.05) is 24.3 Å². The number of carbonyl (C=O) groups excluding carboxylic acids is 1. The summed E-state index contributed by atoms with van der Waals surface area (Å²) in [7, 11) is 4.07. The molecule has 9 nitrogen and oxygen atoms in total. The van der Waals surface area contributed by atoms with Gasteiger partial charge >= 0.3 is 0 Å². The third-order valence-electron chi connectivity index (χ3n) is 3.82. The van der Waals surface area contributed by atoms with E-state index >= 15 is 0 Å². The third kappa shape index (κ3) is 10.1. The summed E-state index contributed by atoms with van der Waals surface area (Å²) in [5, 5.41) is 16.8. The van der Waals surface area contributed by atoms with Crippen molar-refractivity contribution in [2.75, 3.05) is 20.6 Å². The van der Waals surface area contributed by atoms with Gasteiger partial charge in [0.15, 0.2) is 0 Å². The molecule has 0 aliphatic heterocycles. The molecule has 2 rings (SSSR count). The third-order valence-corrected chi connectivity index (χ3v) is 3.82. The van der Waals surface area contributed by atoms with Gasteiger partial charge in [0.25, 0.3) is 12.9 Å². The average Bonchev–Trinajstić information content (AvgIpc) is 3.16. The summed E-state index contributed by atoms with van der Waals surface area (Å²) in [5.41, 5.74) is 2.50. The lowest BCUT2D eigenvalue weighted by molar-refractivity contribution is -0.123. The van der Waals surface area contributed by atoms with E-state index in [9.17, 15) is 4.79 Å². The summed E-state index contributed by atoms with van der Waals surface area (Å²) in [4.78, 5) is 34.8. The number of nitrogens with one attached hydrogen (secondary N) is 1. The molecule has 0 saturated heterocycles. The molecule has 3 N–H and O–H groups in total. The van der Waals surface area contributed by atoms with Crippen LogP contribution in [0.2, 0.25) is 0 Å². The van der Waals surface area contributed by atoms with E-state index in [4.69, 9.17) is 19.8 Å². The molecule has 0 aliphatic rings. The van der Waals surface area contributed by atoms with Crippen molar-refractivity contribution in [1.29, 1.82) is 0 Å². The zero-order valence-corrected chi connectivity index (χ0v) is 16.4. The van der Waals surface area contributed by atoms with Gasteiger partial charge in [-0.2, -0.15) is 0 Å². The lowest BCUT2D eigenvalue weighted by Gasteiger charge is -2.26. The van der Waals surface area contributed by atoms with E-state index in [1.165, 1.54) is 11.1 Å². The van der Waals surface area contributed by atoms with Crippen LogP contribution in [0.5, 0.6) is 0 Å². The molecule has 1 aromatic heterocycles. The lowest BCUT2D eigenvalue weighted by atomic mass is 10.0. The molecule has 1 amide bonds. The fraction of sp³-hybridized carbons (Fsp3) is 0.368. The van der Waals surface area contributed by atoms with Gasteiger partial charge in [-0.05, 0) is 32.1 Å². The van der Waals surface area contributed by atoms with Crippen LogP contribution in [-0.4, -0.2) is 64.2 Å². The highest BCUT2D eigenvalue weighted by Crippen LogP contribution is 2.20. The molecule has 2 aromatic rings. The van der Waals surface area contributed by atoms with E-state index in [1.807, 2.05) is 37.0 Å². The van der Waals surface area contributed by atoms with E-state index in [2.05, 4.69) is 34.3 Å². The molecular formula is C19H28N4O5. The van der Waals surface area contributed by atoms with Crippen LogP contribution in [0, 0.1) is 6.92 Å². The molecule has 154 valence electrons. The number of aromatic nitrogens is 2. The quantitative estimate of drug-likeness (QED) is 0.608. The van der Waals surface area contributed by atoms with Gasteiger partial charge in [-0.3, -0.25) is 14.4 Å². The molecule has 9 heteroatoms. The zero-order valence-electron chi connectivity index (χ0n) is 16.4. The molecule has 1 aromatic carbocycles. The second-order valence-electron chi connectivity index (χ2n) is 5.90. The maximum absolute atomic E-state index is 12.0. The van der Waals surface area contributed by atoms with Crippen molar-refractivity contribution in [3.8, 4) is 0 Å². The lowest BCUT2D eigenvalue weighted by Crippen LogP contribution is -2.35. The van der Waals surface area contributed by atoms with Crippen molar-refractivity contribution in [3.05, 3.63) is 54.1 Å². The fourth-order valence-electron chi connectivity index (χ4n) is 2.48. The molecule has 1 unspecified atom stereocenters. The maximum atomic E-state index is 12.0. The van der Waals surface area contributed by atoms with Crippen LogP contribution in [0.25, 0.3) is 0 Å². The van der Waals surface area contributed by atoms with Gasteiger partial charge in [-0.15, -0.1) is 0 Å². The minimum atomic E-state index is -0.250. The predicted molar refractivity (Wildman–Crippen MR) is 105 cm³/mol. The minimum absolute atomic E-state index is 0.0640. The van der Waals surface area contributed by atoms with Crippen molar-refractivity contribution in [1.82, 2.24) is 19.8 Å². The van der Waals surface area contributed by atoms with Gasteiger partial charge in [0.2, 0.25) is 5.91 Å². The zero-order chi connectivity index (χ0) is 21.4. The number of carboxylic acid groups (broad SMARTS) is 2. The van der Waals surface area contributed by atoms with E-state index in [1.54, 1.807) is 12.5 Å². The Kier molecular flexibility index (Phi) is 13.2. The van der Waals surface area contributed by atoms with Crippen LogP contribution >= 0.6 is 0 Å². The molecule has 0 saturated carbocycles. The van der Waals surface area contributed by atoms with E-state index in [0.717, 1.165) is 0 Å². The normalized spacial score (nSPS) is 10.6. The Hall–Kier alpha value is -3.20. The van der Waals surface area contributed by atoms with Crippen LogP contribution in [0.4, 0.5) is 0 Å². The van der Waals surface area contributed by atoms with Gasteiger partial charge in [0, 0.05) is 31.9 Å². The number of amides is 1. The first kappa shape index (κ1) is 24.8. The van der Waals surface area contributed by atoms with E-state index in [0.29, 0.717) is 19.5 Å². The van der Waals surface area contributed by atoms with E-state index in [-0.39, 0.29) is 24.9 Å². The van der Waals surface area contributed by atoms with Crippen molar-refractivity contribution >= 4 is 18.9 Å². The molecule has 0 aliphatic carbocycles. The second kappa shape index (κ2) is 14.9. The van der Waals surface area contributed by atoms with Gasteiger partial charge in [0.05, 0.1) is 12.4 Å². The summed E-state index contributed by atoms with van der Waals surface area (Å²) in [6.45, 7) is 2.87. The smallest absolute Gasteiger partial charge is 0.290 e. The van der Waals surface area contributed by atoms with Crippen molar-refractivity contribution in [2.45, 2.75) is 25.9 Å². The largest absolute Gasteiger partial charge is 0.483 e. The first-order valence-corrected chi connectivity index (χ1v) is 8.51. The standard InChI is InChI=1S/C17H24N4O.2CH2O2/c1-14-6-4-5-7-15(14)16(20(2)3)12-19-17(22)8-10-21-11-9-18-13-21;2*2-1-3/h4-7,9,11,13,16H,8,10,12H2,1-3H3,(H,19,22);2*1H,(H,2,3). The summed E-state index contributed by atoms with van der Waals surface area (Å²) < 4.78 is 1.91. The number of hydrogen-bond donors (Lipinski definition) is 3. The molecule has 1 heterocycles. The minimum Gasteiger partial charge on any atom is -0.483 e. The molecule has 28 heavy (non-hydrogen) atoms. The van der Waals surface area contributed by atoms with Crippen LogP contribution in [0.3, 0.4) is 0 Å². The summed E-state index contributed by atoms with van der Waals surface area (Å²) in [6.07, 6.45) is 5.77. The van der Waals surface area contributed by atoms with Crippen LogP contribution in [-0.2, 0) is 20.9 Å². The van der Waals surface area contributed by atoms with Crippen molar-refractivity contribution in [2.24, 2.45) is 0 Å². The number of carbonyl (C=O) groups is 3. The predicted octanol–water partition coefficient (Wildman–Crippen LogP) is 1.40. The Morgan fingerprint density at radius 3 is 2.36 bits per heavy atom. The summed E-state index contributed by atoms with van der Waals surface area (Å²) in [6, 6.07) is 8.48. The first-order chi connectivity index (χ1) is 13.4. The number of likely N-dealkylation sites (N-methyl/N-ethyl adjacent to an activating group) is 1. The highest BCUT2D eigenvalue weighted by atomic mass is 16.3. The van der Waals surface area contributed by atoms with Gasteiger partial charge < -0.3 is 25.0 Å². The van der Waals surface area contributed by atoms with Crippen molar-refractivity contribution < 1.29 is 24.6 Å². The number of nitrogens with zero attached hydrogens (tertiary/aromatic N) is 3. The molecule has 0 radical (unpaired) electrons. The maximum Gasteiger partial charge on any atom is 0.290 e. The topological polar surface area (TPSA) is 125 Å². The summed E-state index contributed by atoms with van der Waals surface area (Å²) >= 11 is 0. The van der Waals surface area contributed by atoms with Crippen molar-refractivity contribution in [3.63, 3.8) is 0 Å². The number of imidazole rings is 1.